The van der Waals surface area contributed by atoms with Gasteiger partial charge in [0.25, 0.3) is 0 Å². The molecule has 3 rings (SSSR count). The molecule has 0 saturated carbocycles. The highest BCUT2D eigenvalue weighted by Gasteiger charge is 2.14. The van der Waals surface area contributed by atoms with Gasteiger partial charge in [0.1, 0.15) is 22.3 Å². The highest BCUT2D eigenvalue weighted by Crippen LogP contribution is 2.28. The summed E-state index contributed by atoms with van der Waals surface area (Å²) in [6.45, 7) is 0. The Labute approximate surface area is 96.3 Å². The van der Waals surface area contributed by atoms with Crippen molar-refractivity contribution in [3.63, 3.8) is 0 Å². The molecule has 0 aliphatic heterocycles. The topological polar surface area (TPSA) is 56.5 Å². The molecule has 80 valence electrons. The molecule has 0 aromatic carbocycles. The maximum Gasteiger partial charge on any atom is 0.156 e. The lowest BCUT2D eigenvalue weighted by Crippen LogP contribution is -1.94. The second-order valence-corrected chi connectivity index (χ2v) is 3.75. The Morgan fingerprint density at radius 2 is 2.12 bits per heavy atom. The van der Waals surface area contributed by atoms with E-state index in [2.05, 4.69) is 4.98 Å². The number of aromatic nitrogens is 2. The first-order valence-corrected chi connectivity index (χ1v) is 5.11. The zero-order valence-electron chi connectivity index (χ0n) is 8.22. The summed E-state index contributed by atoms with van der Waals surface area (Å²) < 4.78 is 6.95. The van der Waals surface area contributed by atoms with Crippen LogP contribution in [-0.2, 0) is 0 Å². The second-order valence-electron chi connectivity index (χ2n) is 3.37. The van der Waals surface area contributed by atoms with Crippen molar-refractivity contribution in [1.29, 1.82) is 0 Å². The van der Waals surface area contributed by atoms with Gasteiger partial charge in [-0.25, -0.2) is 4.98 Å². The highest BCUT2D eigenvalue weighted by molar-refractivity contribution is 6.30. The summed E-state index contributed by atoms with van der Waals surface area (Å²) in [5.74, 6) is 1.12. The predicted molar refractivity (Wildman–Crippen MR) is 62.3 cm³/mol. The number of nitrogen functional groups attached to an aromatic ring is 1. The van der Waals surface area contributed by atoms with E-state index in [1.54, 1.807) is 22.8 Å². The Morgan fingerprint density at radius 3 is 2.81 bits per heavy atom. The minimum Gasteiger partial charge on any atom is -0.463 e. The number of rotatable bonds is 1. The number of imidazole rings is 1. The summed E-state index contributed by atoms with van der Waals surface area (Å²) in [6, 6.07) is 9.04. The highest BCUT2D eigenvalue weighted by atomic mass is 35.5. The van der Waals surface area contributed by atoms with E-state index in [1.807, 2.05) is 18.2 Å². The number of pyridine rings is 1. The number of furan rings is 1. The summed E-state index contributed by atoms with van der Waals surface area (Å²) in [7, 11) is 0. The molecule has 0 atom stereocenters. The van der Waals surface area contributed by atoms with Crippen molar-refractivity contribution in [1.82, 2.24) is 9.38 Å². The summed E-state index contributed by atoms with van der Waals surface area (Å²) in [5, 5.41) is 0.528. The molecule has 0 aliphatic rings. The molecular formula is C11H8ClN3O. The van der Waals surface area contributed by atoms with Gasteiger partial charge in [0, 0.05) is 0 Å². The number of hydrogen-bond acceptors (Lipinski definition) is 3. The van der Waals surface area contributed by atoms with Crippen molar-refractivity contribution in [2.75, 3.05) is 5.73 Å². The van der Waals surface area contributed by atoms with Gasteiger partial charge in [-0.3, -0.25) is 4.40 Å². The van der Waals surface area contributed by atoms with Gasteiger partial charge in [-0.1, -0.05) is 17.7 Å². The number of hydrogen-bond donors (Lipinski definition) is 1. The normalized spacial score (nSPS) is 11.1. The quantitative estimate of drug-likeness (QED) is 0.658. The third-order valence-corrected chi connectivity index (χ3v) is 2.68. The minimum atomic E-state index is 0.482. The summed E-state index contributed by atoms with van der Waals surface area (Å²) in [6.07, 6.45) is 1.58. The average molecular weight is 234 g/mol. The number of fused-ring (bicyclic) bond motifs is 1. The molecule has 16 heavy (non-hydrogen) atoms. The largest absolute Gasteiger partial charge is 0.463 e. The van der Waals surface area contributed by atoms with Crippen molar-refractivity contribution >= 4 is 23.1 Å². The van der Waals surface area contributed by atoms with Crippen LogP contribution >= 0.6 is 11.6 Å². The van der Waals surface area contributed by atoms with E-state index in [0.717, 1.165) is 0 Å². The molecular weight excluding hydrogens is 226 g/mol. The third-order valence-electron chi connectivity index (χ3n) is 2.39. The van der Waals surface area contributed by atoms with Crippen LogP contribution in [0.5, 0.6) is 0 Å². The first-order valence-electron chi connectivity index (χ1n) is 4.73. The molecule has 3 aromatic rings. The third kappa shape index (κ3) is 1.20. The van der Waals surface area contributed by atoms with E-state index < -0.39 is 0 Å². The second kappa shape index (κ2) is 3.28. The Bertz CT molecular complexity index is 643. The summed E-state index contributed by atoms with van der Waals surface area (Å²) in [4.78, 5) is 4.38. The van der Waals surface area contributed by atoms with Crippen molar-refractivity contribution in [3.8, 4) is 11.5 Å². The van der Waals surface area contributed by atoms with Crippen LogP contribution in [0.2, 0.25) is 5.15 Å². The number of anilines is 1. The van der Waals surface area contributed by atoms with Crippen LogP contribution in [0, 0.1) is 0 Å². The van der Waals surface area contributed by atoms with Gasteiger partial charge in [0.05, 0.1) is 6.26 Å². The molecule has 3 aromatic heterocycles. The van der Waals surface area contributed by atoms with E-state index >= 15 is 0 Å². The molecule has 3 heterocycles. The molecule has 0 amide bonds. The van der Waals surface area contributed by atoms with Crippen molar-refractivity contribution in [3.05, 3.63) is 41.7 Å². The van der Waals surface area contributed by atoms with E-state index in [1.165, 1.54) is 0 Å². The summed E-state index contributed by atoms with van der Waals surface area (Å²) >= 11 is 6.05. The number of nitrogens with zero attached hydrogens (tertiary/aromatic N) is 2. The number of nitrogens with two attached hydrogens (primary N) is 1. The molecule has 0 spiro atoms. The van der Waals surface area contributed by atoms with Gasteiger partial charge < -0.3 is 10.2 Å². The van der Waals surface area contributed by atoms with Crippen LogP contribution < -0.4 is 5.73 Å². The Morgan fingerprint density at radius 1 is 1.25 bits per heavy atom. The molecule has 5 heteroatoms. The van der Waals surface area contributed by atoms with Crippen LogP contribution in [0.25, 0.3) is 17.1 Å². The molecule has 0 fully saturated rings. The van der Waals surface area contributed by atoms with Crippen molar-refractivity contribution in [2.24, 2.45) is 0 Å². The van der Waals surface area contributed by atoms with Crippen molar-refractivity contribution < 1.29 is 4.42 Å². The predicted octanol–water partition coefficient (Wildman–Crippen LogP) is 2.83. The van der Waals surface area contributed by atoms with E-state index in [9.17, 15) is 0 Å². The molecule has 0 bridgehead atoms. The van der Waals surface area contributed by atoms with Gasteiger partial charge in [-0.05, 0) is 24.3 Å². The fourth-order valence-corrected chi connectivity index (χ4v) is 1.92. The van der Waals surface area contributed by atoms with E-state index in [0.29, 0.717) is 28.1 Å². The zero-order chi connectivity index (χ0) is 11.1. The zero-order valence-corrected chi connectivity index (χ0v) is 8.98. The number of halogens is 1. The average Bonchev–Trinajstić information content (AvgIpc) is 2.86. The Kier molecular flexibility index (Phi) is 1.91. The van der Waals surface area contributed by atoms with Gasteiger partial charge in [-0.15, -0.1) is 0 Å². The standard InChI is InChI=1S/C11H8ClN3O/c12-8-4-1-5-9-14-10(11(13)15(8)9)7-3-2-6-16-7/h1-6H,13H2. The lowest BCUT2D eigenvalue weighted by molar-refractivity contribution is 0.581. The lowest BCUT2D eigenvalue weighted by atomic mass is 10.3. The molecule has 2 N–H and O–H groups in total. The fraction of sp³-hybridized carbons (Fsp3) is 0. The Hall–Kier alpha value is -1.94. The first-order chi connectivity index (χ1) is 7.77. The van der Waals surface area contributed by atoms with Gasteiger partial charge in [-0.2, -0.15) is 0 Å². The van der Waals surface area contributed by atoms with E-state index in [-0.39, 0.29) is 0 Å². The first kappa shape index (κ1) is 9.30. The van der Waals surface area contributed by atoms with Crippen LogP contribution in [0.4, 0.5) is 5.82 Å². The van der Waals surface area contributed by atoms with Crippen molar-refractivity contribution in [2.45, 2.75) is 0 Å². The molecule has 4 nitrogen and oxygen atoms in total. The Balaban J connectivity index is 2.36. The molecule has 0 aliphatic carbocycles. The van der Waals surface area contributed by atoms with Crippen LogP contribution in [0.3, 0.4) is 0 Å². The maximum atomic E-state index is 6.05. The van der Waals surface area contributed by atoms with Crippen LogP contribution in [0.1, 0.15) is 0 Å². The van der Waals surface area contributed by atoms with E-state index in [4.69, 9.17) is 21.8 Å². The maximum absolute atomic E-state index is 6.05. The van der Waals surface area contributed by atoms with Crippen LogP contribution in [0.15, 0.2) is 41.0 Å². The molecule has 0 saturated heterocycles. The minimum absolute atomic E-state index is 0.482. The molecule has 0 unspecified atom stereocenters. The van der Waals surface area contributed by atoms with Gasteiger partial charge in [0.15, 0.2) is 5.76 Å². The smallest absolute Gasteiger partial charge is 0.156 e. The summed E-state index contributed by atoms with van der Waals surface area (Å²) in [5.41, 5.74) is 7.30. The molecule has 0 radical (unpaired) electrons. The van der Waals surface area contributed by atoms with Crippen LogP contribution in [-0.4, -0.2) is 9.38 Å². The monoisotopic (exact) mass is 233 g/mol. The SMILES string of the molecule is Nc1c(-c2ccco2)nc2cccc(Cl)n12. The fourth-order valence-electron chi connectivity index (χ4n) is 1.67. The lowest BCUT2D eigenvalue weighted by Gasteiger charge is -1.98. The van der Waals surface area contributed by atoms with Gasteiger partial charge >= 0.3 is 0 Å². The van der Waals surface area contributed by atoms with Gasteiger partial charge in [0.2, 0.25) is 0 Å².